The van der Waals surface area contributed by atoms with E-state index in [2.05, 4.69) is 36.1 Å². The molecule has 0 unspecified atom stereocenters. The van der Waals surface area contributed by atoms with Gasteiger partial charge < -0.3 is 5.32 Å². The third kappa shape index (κ3) is 4.14. The van der Waals surface area contributed by atoms with Crippen LogP contribution in [0.2, 0.25) is 0 Å². The number of carbonyl (C=O) groups is 1. The molecule has 2 heterocycles. The minimum Gasteiger partial charge on any atom is -0.309 e. The topological polar surface area (TPSA) is 105 Å². The van der Waals surface area contributed by atoms with Crippen LogP contribution < -0.4 is 10.0 Å². The van der Waals surface area contributed by atoms with Gasteiger partial charge in [-0.05, 0) is 36.8 Å². The Balaban J connectivity index is 1.50. The summed E-state index contributed by atoms with van der Waals surface area (Å²) >= 11 is 3.40. The second-order valence-electron chi connectivity index (χ2n) is 6.75. The van der Waals surface area contributed by atoms with E-state index < -0.39 is 16.1 Å². The number of halogens is 1. The summed E-state index contributed by atoms with van der Waals surface area (Å²) in [6.45, 7) is 2.10. The zero-order chi connectivity index (χ0) is 21.3. The quantitative estimate of drug-likeness (QED) is 0.576. The lowest BCUT2D eigenvalue weighted by molar-refractivity contribution is -0.117. The monoisotopic (exact) mass is 487 g/mol. The van der Waals surface area contributed by atoms with Crippen LogP contribution in [0.4, 0.5) is 5.82 Å². The van der Waals surface area contributed by atoms with Gasteiger partial charge in [-0.3, -0.25) is 14.5 Å². The van der Waals surface area contributed by atoms with Crippen LogP contribution in [0.15, 0.2) is 75.2 Å². The first kappa shape index (κ1) is 20.3. The first-order valence-corrected chi connectivity index (χ1v) is 11.4. The maximum Gasteiger partial charge on any atom is 0.263 e. The molecule has 0 saturated heterocycles. The number of hydrogen-bond acceptors (Lipinski definition) is 5. The zero-order valence-corrected chi connectivity index (χ0v) is 18.3. The number of aliphatic imine (C=N–C) groups is 1. The molecule has 0 bridgehead atoms. The Morgan fingerprint density at radius 2 is 1.93 bits per heavy atom. The summed E-state index contributed by atoms with van der Waals surface area (Å²) < 4.78 is 29.5. The van der Waals surface area contributed by atoms with E-state index in [4.69, 9.17) is 0 Å². The van der Waals surface area contributed by atoms with Crippen molar-refractivity contribution < 1.29 is 13.2 Å². The van der Waals surface area contributed by atoms with Crippen LogP contribution in [0.25, 0.3) is 0 Å². The molecule has 2 aromatic carbocycles. The van der Waals surface area contributed by atoms with Gasteiger partial charge in [-0.2, -0.15) is 5.10 Å². The summed E-state index contributed by atoms with van der Waals surface area (Å²) in [5.41, 5.74) is 1.49. The summed E-state index contributed by atoms with van der Waals surface area (Å²) in [6.07, 6.45) is 1.60. The molecular formula is C20H18BrN5O3S. The Labute approximate surface area is 182 Å². The minimum atomic E-state index is -3.65. The molecule has 8 nitrogen and oxygen atoms in total. The van der Waals surface area contributed by atoms with E-state index in [-0.39, 0.29) is 16.6 Å². The van der Waals surface area contributed by atoms with Crippen LogP contribution in [0.1, 0.15) is 18.1 Å². The molecule has 0 spiro atoms. The molecule has 1 aliphatic heterocycles. The number of anilines is 1. The predicted molar refractivity (Wildman–Crippen MR) is 117 cm³/mol. The molecule has 1 aromatic heterocycles. The van der Waals surface area contributed by atoms with Gasteiger partial charge in [0.05, 0.1) is 17.6 Å². The molecule has 0 radical (unpaired) electrons. The Kier molecular flexibility index (Phi) is 5.44. The number of carbonyl (C=O) groups excluding carboxylic acids is 1. The standard InChI is InChI=1S/C20H18BrN5O3S/c1-13(23-19-16-4-2-3-5-17(16)30(28,29)25-19)20(27)24-18-10-11-22-26(18)12-14-6-8-15(21)9-7-14/h2-11,13H,12H2,1H3,(H,23,25)(H,24,27)/t13-/m0/s1. The van der Waals surface area contributed by atoms with Crippen molar-refractivity contribution >= 4 is 43.5 Å². The van der Waals surface area contributed by atoms with Gasteiger partial charge in [0.1, 0.15) is 17.7 Å². The molecule has 4 rings (SSSR count). The van der Waals surface area contributed by atoms with Crippen molar-refractivity contribution in [2.75, 3.05) is 5.32 Å². The van der Waals surface area contributed by atoms with Crippen LogP contribution in [-0.4, -0.2) is 36.0 Å². The fourth-order valence-electron chi connectivity index (χ4n) is 3.04. The molecule has 2 N–H and O–H groups in total. The average Bonchev–Trinajstić information content (AvgIpc) is 3.25. The first-order valence-electron chi connectivity index (χ1n) is 9.10. The van der Waals surface area contributed by atoms with Gasteiger partial charge in [-0.1, -0.05) is 40.2 Å². The Morgan fingerprint density at radius 1 is 1.20 bits per heavy atom. The number of fused-ring (bicyclic) bond motifs is 1. The molecule has 154 valence electrons. The fraction of sp³-hybridized carbons (Fsp3) is 0.150. The normalized spacial score (nSPS) is 16.7. The number of aromatic nitrogens is 2. The minimum absolute atomic E-state index is 0.156. The van der Waals surface area contributed by atoms with Gasteiger partial charge in [0.25, 0.3) is 10.0 Å². The van der Waals surface area contributed by atoms with E-state index >= 15 is 0 Å². The third-order valence-corrected chi connectivity index (χ3v) is 6.50. The van der Waals surface area contributed by atoms with Gasteiger partial charge in [-0.15, -0.1) is 0 Å². The van der Waals surface area contributed by atoms with Crippen LogP contribution in [0.3, 0.4) is 0 Å². The van der Waals surface area contributed by atoms with Crippen molar-refractivity contribution in [2.24, 2.45) is 4.99 Å². The number of amidine groups is 1. The second kappa shape index (κ2) is 8.04. The highest BCUT2D eigenvalue weighted by molar-refractivity contribution is 9.10. The fourth-order valence-corrected chi connectivity index (χ4v) is 4.54. The van der Waals surface area contributed by atoms with Gasteiger partial charge in [0, 0.05) is 16.1 Å². The maximum atomic E-state index is 12.7. The van der Waals surface area contributed by atoms with Crippen molar-refractivity contribution in [2.45, 2.75) is 24.4 Å². The Bertz CT molecular complexity index is 1240. The first-order chi connectivity index (χ1) is 14.3. The lowest BCUT2D eigenvalue weighted by Gasteiger charge is -2.12. The van der Waals surface area contributed by atoms with Crippen molar-refractivity contribution in [3.8, 4) is 0 Å². The highest BCUT2D eigenvalue weighted by Crippen LogP contribution is 2.22. The lowest BCUT2D eigenvalue weighted by Crippen LogP contribution is -2.29. The van der Waals surface area contributed by atoms with Crippen LogP contribution in [0, 0.1) is 0 Å². The number of hydrogen-bond donors (Lipinski definition) is 2. The SMILES string of the molecule is C[C@H](N=C1NS(=O)(=O)c2ccccc21)C(=O)Nc1ccnn1Cc1ccc(Br)cc1. The Morgan fingerprint density at radius 3 is 2.70 bits per heavy atom. The van der Waals surface area contributed by atoms with Gasteiger partial charge in [0.2, 0.25) is 5.91 Å². The molecular weight excluding hydrogens is 470 g/mol. The molecule has 1 amide bonds. The van der Waals surface area contributed by atoms with Crippen molar-refractivity contribution in [3.63, 3.8) is 0 Å². The maximum absolute atomic E-state index is 12.7. The number of rotatable bonds is 5. The number of amides is 1. The lowest BCUT2D eigenvalue weighted by atomic mass is 10.2. The van der Waals surface area contributed by atoms with E-state index in [1.807, 2.05) is 24.3 Å². The molecule has 30 heavy (non-hydrogen) atoms. The summed E-state index contributed by atoms with van der Waals surface area (Å²) in [5.74, 6) is 0.322. The van der Waals surface area contributed by atoms with Gasteiger partial charge in [-0.25, -0.2) is 13.1 Å². The smallest absolute Gasteiger partial charge is 0.263 e. The van der Waals surface area contributed by atoms with E-state index in [1.165, 1.54) is 6.07 Å². The summed E-state index contributed by atoms with van der Waals surface area (Å²) in [5, 5.41) is 7.07. The zero-order valence-electron chi connectivity index (χ0n) is 15.9. The number of nitrogens with zero attached hydrogens (tertiary/aromatic N) is 3. The number of benzene rings is 2. The van der Waals surface area contributed by atoms with Crippen molar-refractivity contribution in [1.29, 1.82) is 0 Å². The molecule has 3 aromatic rings. The molecule has 0 aliphatic carbocycles. The van der Waals surface area contributed by atoms with Crippen molar-refractivity contribution in [1.82, 2.24) is 14.5 Å². The molecule has 0 saturated carbocycles. The number of sulfonamides is 1. The van der Waals surface area contributed by atoms with E-state index in [0.717, 1.165) is 10.0 Å². The molecule has 1 atom stereocenters. The average molecular weight is 488 g/mol. The summed E-state index contributed by atoms with van der Waals surface area (Å²) in [4.78, 5) is 17.1. The highest BCUT2D eigenvalue weighted by Gasteiger charge is 2.31. The van der Waals surface area contributed by atoms with Gasteiger partial charge in [0.15, 0.2) is 0 Å². The molecule has 10 heteroatoms. The summed E-state index contributed by atoms with van der Waals surface area (Å²) in [6, 6.07) is 15.2. The summed E-state index contributed by atoms with van der Waals surface area (Å²) in [7, 11) is -3.65. The Hall–Kier alpha value is -2.98. The molecule has 0 fully saturated rings. The second-order valence-corrected chi connectivity index (χ2v) is 9.31. The third-order valence-electron chi connectivity index (χ3n) is 4.58. The van der Waals surface area contributed by atoms with Crippen LogP contribution in [-0.2, 0) is 21.4 Å². The van der Waals surface area contributed by atoms with Crippen LogP contribution in [0.5, 0.6) is 0 Å². The van der Waals surface area contributed by atoms with E-state index in [1.54, 1.807) is 42.1 Å². The van der Waals surface area contributed by atoms with E-state index in [0.29, 0.717) is 17.9 Å². The van der Waals surface area contributed by atoms with Crippen molar-refractivity contribution in [3.05, 3.63) is 76.4 Å². The highest BCUT2D eigenvalue weighted by atomic mass is 79.9. The molecule has 1 aliphatic rings. The van der Waals surface area contributed by atoms with Gasteiger partial charge >= 0.3 is 0 Å². The number of nitrogens with one attached hydrogen (secondary N) is 2. The largest absolute Gasteiger partial charge is 0.309 e. The van der Waals surface area contributed by atoms with E-state index in [9.17, 15) is 13.2 Å². The predicted octanol–water partition coefficient (Wildman–Crippen LogP) is 2.76. The van der Waals surface area contributed by atoms with Crippen LogP contribution >= 0.6 is 15.9 Å².